The van der Waals surface area contributed by atoms with E-state index in [1.807, 2.05) is 18.2 Å². The summed E-state index contributed by atoms with van der Waals surface area (Å²) in [7, 11) is 0. The predicted molar refractivity (Wildman–Crippen MR) is 96.6 cm³/mol. The van der Waals surface area contributed by atoms with Gasteiger partial charge in [0, 0.05) is 30.9 Å². The quantitative estimate of drug-likeness (QED) is 0.616. The third-order valence-electron chi connectivity index (χ3n) is 4.89. The summed E-state index contributed by atoms with van der Waals surface area (Å²) >= 11 is 0. The van der Waals surface area contributed by atoms with Gasteiger partial charge < -0.3 is 5.32 Å². The summed E-state index contributed by atoms with van der Waals surface area (Å²) in [4.78, 5) is 24.4. The van der Waals surface area contributed by atoms with Crippen LogP contribution in [0.2, 0.25) is 0 Å². The van der Waals surface area contributed by atoms with E-state index in [2.05, 4.69) is 5.32 Å². The summed E-state index contributed by atoms with van der Waals surface area (Å²) in [6.07, 6.45) is -5.12. The van der Waals surface area contributed by atoms with Crippen LogP contribution >= 0.6 is 0 Å². The lowest BCUT2D eigenvalue weighted by atomic mass is 9.85. The van der Waals surface area contributed by atoms with Crippen molar-refractivity contribution >= 4 is 17.3 Å². The van der Waals surface area contributed by atoms with Gasteiger partial charge in [0.1, 0.15) is 0 Å². The van der Waals surface area contributed by atoms with Gasteiger partial charge in [0.05, 0.1) is 4.92 Å². The van der Waals surface area contributed by atoms with Crippen molar-refractivity contribution in [3.05, 3.63) is 70.3 Å². The fourth-order valence-corrected chi connectivity index (χ4v) is 3.36. The Hall–Kier alpha value is -2.94. The van der Waals surface area contributed by atoms with E-state index in [1.54, 1.807) is 17.0 Å². The van der Waals surface area contributed by atoms with Crippen LogP contribution in [0.4, 0.5) is 24.5 Å². The van der Waals surface area contributed by atoms with Gasteiger partial charge in [-0.05, 0) is 24.6 Å². The van der Waals surface area contributed by atoms with Crippen molar-refractivity contribution in [3.63, 3.8) is 0 Å². The van der Waals surface area contributed by atoms with Gasteiger partial charge in [-0.2, -0.15) is 13.2 Å². The molecule has 3 rings (SSSR count). The number of likely N-dealkylation sites (tertiary alicyclic amines) is 1. The Morgan fingerprint density at radius 3 is 2.54 bits per heavy atom. The number of hydrogen-bond acceptors (Lipinski definition) is 4. The molecule has 1 heterocycles. The summed E-state index contributed by atoms with van der Waals surface area (Å²) in [5.74, 6) is -1.20. The lowest BCUT2D eigenvalue weighted by Gasteiger charge is -2.30. The standard InChI is InChI=1S/C19H18F3N3O3/c20-19(21,22)18(9-10-24(13-18)12-14-5-2-1-3-6-14)17(26)23-15-7-4-8-16(11-15)25(27)28/h1-8,11H,9-10,12-13H2,(H,23,26). The van der Waals surface area contributed by atoms with Gasteiger partial charge in [0.15, 0.2) is 5.41 Å². The van der Waals surface area contributed by atoms with Crippen LogP contribution in [0.5, 0.6) is 0 Å². The average molecular weight is 393 g/mol. The number of carbonyl (C=O) groups excluding carboxylic acids is 1. The maximum atomic E-state index is 13.9. The average Bonchev–Trinajstić information content (AvgIpc) is 3.08. The Morgan fingerprint density at radius 1 is 1.18 bits per heavy atom. The Morgan fingerprint density at radius 2 is 1.89 bits per heavy atom. The molecular weight excluding hydrogens is 375 g/mol. The number of halogens is 3. The highest BCUT2D eigenvalue weighted by atomic mass is 19.4. The van der Waals surface area contributed by atoms with E-state index in [0.717, 1.165) is 11.6 Å². The number of benzene rings is 2. The summed E-state index contributed by atoms with van der Waals surface area (Å²) in [5, 5.41) is 13.1. The van der Waals surface area contributed by atoms with Gasteiger partial charge >= 0.3 is 6.18 Å². The molecule has 0 radical (unpaired) electrons. The summed E-state index contributed by atoms with van der Waals surface area (Å²) in [6, 6.07) is 13.9. The van der Waals surface area contributed by atoms with E-state index < -0.39 is 29.0 Å². The lowest BCUT2D eigenvalue weighted by Crippen LogP contribution is -2.49. The highest BCUT2D eigenvalue weighted by Gasteiger charge is 2.63. The second-order valence-corrected chi connectivity index (χ2v) is 6.79. The molecule has 2 aromatic rings. The van der Waals surface area contributed by atoms with E-state index in [0.29, 0.717) is 6.54 Å². The minimum atomic E-state index is -4.75. The number of alkyl halides is 3. The van der Waals surface area contributed by atoms with E-state index in [4.69, 9.17) is 0 Å². The van der Waals surface area contributed by atoms with E-state index in [-0.39, 0.29) is 24.3 Å². The van der Waals surface area contributed by atoms with Gasteiger partial charge in [-0.25, -0.2) is 0 Å². The zero-order valence-corrected chi connectivity index (χ0v) is 14.8. The highest BCUT2D eigenvalue weighted by Crippen LogP contribution is 2.46. The first-order valence-electron chi connectivity index (χ1n) is 8.60. The number of carbonyl (C=O) groups is 1. The molecule has 0 bridgehead atoms. The molecule has 28 heavy (non-hydrogen) atoms. The topological polar surface area (TPSA) is 75.5 Å². The number of amides is 1. The number of rotatable bonds is 5. The number of hydrogen-bond donors (Lipinski definition) is 1. The molecule has 9 heteroatoms. The SMILES string of the molecule is O=C(Nc1cccc([N+](=O)[O-])c1)C1(C(F)(F)F)CCN(Cc2ccccc2)C1. The van der Waals surface area contributed by atoms with Crippen molar-refractivity contribution in [2.75, 3.05) is 18.4 Å². The maximum Gasteiger partial charge on any atom is 0.404 e. The number of nitrogens with one attached hydrogen (secondary N) is 1. The molecule has 0 aliphatic carbocycles. The molecule has 1 atom stereocenters. The zero-order valence-electron chi connectivity index (χ0n) is 14.8. The molecule has 0 aromatic heterocycles. The Bertz CT molecular complexity index is 873. The Kier molecular flexibility index (Phi) is 5.37. The summed E-state index contributed by atoms with van der Waals surface area (Å²) in [6.45, 7) is -0.0360. The third-order valence-corrected chi connectivity index (χ3v) is 4.89. The Labute approximate surface area is 159 Å². The summed E-state index contributed by atoms with van der Waals surface area (Å²) < 4.78 is 41.7. The highest BCUT2D eigenvalue weighted by molar-refractivity contribution is 5.96. The molecule has 1 aliphatic rings. The molecule has 1 unspecified atom stereocenters. The molecule has 148 valence electrons. The van der Waals surface area contributed by atoms with Gasteiger partial charge in [0.2, 0.25) is 5.91 Å². The fourth-order valence-electron chi connectivity index (χ4n) is 3.36. The molecule has 1 N–H and O–H groups in total. The molecule has 1 amide bonds. The van der Waals surface area contributed by atoms with Crippen LogP contribution in [-0.4, -0.2) is 35.0 Å². The number of nitro groups is 1. The molecule has 0 saturated carbocycles. The van der Waals surface area contributed by atoms with Gasteiger partial charge in [-0.1, -0.05) is 36.4 Å². The first-order chi connectivity index (χ1) is 13.2. The van der Waals surface area contributed by atoms with Crippen LogP contribution in [0.3, 0.4) is 0 Å². The van der Waals surface area contributed by atoms with Crippen LogP contribution < -0.4 is 5.32 Å². The van der Waals surface area contributed by atoms with Crippen molar-refractivity contribution in [1.82, 2.24) is 4.90 Å². The van der Waals surface area contributed by atoms with Crippen molar-refractivity contribution in [2.45, 2.75) is 19.1 Å². The first kappa shape index (κ1) is 19.8. The van der Waals surface area contributed by atoms with E-state index in [9.17, 15) is 28.1 Å². The van der Waals surface area contributed by atoms with Crippen LogP contribution in [0.1, 0.15) is 12.0 Å². The van der Waals surface area contributed by atoms with Crippen LogP contribution in [0.25, 0.3) is 0 Å². The lowest BCUT2D eigenvalue weighted by molar-refractivity contribution is -0.384. The molecule has 1 aliphatic heterocycles. The number of non-ortho nitro benzene ring substituents is 1. The molecular formula is C19H18F3N3O3. The van der Waals surface area contributed by atoms with Crippen LogP contribution in [-0.2, 0) is 11.3 Å². The zero-order chi connectivity index (χ0) is 20.4. The molecule has 6 nitrogen and oxygen atoms in total. The number of nitro benzene ring substituents is 1. The number of anilines is 1. The van der Waals surface area contributed by atoms with E-state index >= 15 is 0 Å². The minimum Gasteiger partial charge on any atom is -0.325 e. The van der Waals surface area contributed by atoms with E-state index in [1.165, 1.54) is 18.2 Å². The van der Waals surface area contributed by atoms with Crippen molar-refractivity contribution in [2.24, 2.45) is 5.41 Å². The minimum absolute atomic E-state index is 0.0377. The molecule has 0 spiro atoms. The van der Waals surface area contributed by atoms with Crippen molar-refractivity contribution in [3.8, 4) is 0 Å². The summed E-state index contributed by atoms with van der Waals surface area (Å²) in [5.41, 5.74) is -2.05. The number of nitrogens with zero attached hydrogens (tertiary/aromatic N) is 2. The smallest absolute Gasteiger partial charge is 0.325 e. The second-order valence-electron chi connectivity index (χ2n) is 6.79. The van der Waals surface area contributed by atoms with Gasteiger partial charge in [-0.15, -0.1) is 0 Å². The first-order valence-corrected chi connectivity index (χ1v) is 8.60. The molecule has 1 fully saturated rings. The Balaban J connectivity index is 1.79. The molecule has 1 saturated heterocycles. The van der Waals surface area contributed by atoms with Gasteiger partial charge in [-0.3, -0.25) is 19.8 Å². The molecule has 2 aromatic carbocycles. The normalized spacial score (nSPS) is 20.1. The van der Waals surface area contributed by atoms with Crippen molar-refractivity contribution in [1.29, 1.82) is 0 Å². The van der Waals surface area contributed by atoms with Gasteiger partial charge in [0.25, 0.3) is 5.69 Å². The largest absolute Gasteiger partial charge is 0.404 e. The maximum absolute atomic E-state index is 13.9. The second kappa shape index (κ2) is 7.59. The van der Waals surface area contributed by atoms with Crippen molar-refractivity contribution < 1.29 is 22.9 Å². The third kappa shape index (κ3) is 3.99. The fraction of sp³-hybridized carbons (Fsp3) is 0.316. The monoisotopic (exact) mass is 393 g/mol. The predicted octanol–water partition coefficient (Wildman–Crippen LogP) is 3.99. The van der Waals surface area contributed by atoms with Crippen LogP contribution in [0, 0.1) is 15.5 Å². The van der Waals surface area contributed by atoms with Crippen LogP contribution in [0.15, 0.2) is 54.6 Å².